The fourth-order valence-electron chi connectivity index (χ4n) is 2.73. The minimum absolute atomic E-state index is 0.149. The SMILES string of the molecule is Cc1c(C(=O)N[C@@H]2CCCCNC2=O)sc2ncn(C)c(=O)c12. The van der Waals surface area contributed by atoms with Crippen LogP contribution in [0.4, 0.5) is 0 Å². The summed E-state index contributed by atoms with van der Waals surface area (Å²) in [7, 11) is 1.63. The Morgan fingerprint density at radius 2 is 2.22 bits per heavy atom. The number of hydrogen-bond donors (Lipinski definition) is 2. The molecule has 122 valence electrons. The predicted octanol–water partition coefficient (Wildman–Crippen LogP) is 0.702. The van der Waals surface area contributed by atoms with Crippen molar-refractivity contribution in [2.45, 2.75) is 32.2 Å². The second kappa shape index (κ2) is 6.11. The van der Waals surface area contributed by atoms with Gasteiger partial charge in [-0.2, -0.15) is 0 Å². The maximum Gasteiger partial charge on any atom is 0.262 e. The molecule has 2 amide bonds. The Labute approximate surface area is 136 Å². The minimum Gasteiger partial charge on any atom is -0.354 e. The number of carbonyl (C=O) groups excluding carboxylic acids is 2. The van der Waals surface area contributed by atoms with E-state index in [0.717, 1.165) is 12.8 Å². The molecule has 1 aliphatic heterocycles. The number of aryl methyl sites for hydroxylation is 2. The third-order valence-corrected chi connectivity index (χ3v) is 5.26. The van der Waals surface area contributed by atoms with Crippen LogP contribution in [0.3, 0.4) is 0 Å². The number of hydrogen-bond acceptors (Lipinski definition) is 5. The lowest BCUT2D eigenvalue weighted by Gasteiger charge is -2.14. The fraction of sp³-hybridized carbons (Fsp3) is 0.467. The monoisotopic (exact) mass is 334 g/mol. The zero-order valence-electron chi connectivity index (χ0n) is 13.0. The second-order valence-electron chi connectivity index (χ2n) is 5.71. The lowest BCUT2D eigenvalue weighted by molar-refractivity contribution is -0.122. The Morgan fingerprint density at radius 3 is 3.00 bits per heavy atom. The molecule has 1 aliphatic rings. The molecule has 2 aromatic rings. The Morgan fingerprint density at radius 1 is 1.43 bits per heavy atom. The summed E-state index contributed by atoms with van der Waals surface area (Å²) < 4.78 is 1.39. The first-order valence-electron chi connectivity index (χ1n) is 7.52. The maximum atomic E-state index is 12.5. The Bertz CT molecular complexity index is 839. The number of carbonyl (C=O) groups is 2. The van der Waals surface area contributed by atoms with Crippen LogP contribution in [0.5, 0.6) is 0 Å². The number of nitrogens with zero attached hydrogens (tertiary/aromatic N) is 2. The van der Waals surface area contributed by atoms with Crippen LogP contribution in [0.2, 0.25) is 0 Å². The summed E-state index contributed by atoms with van der Waals surface area (Å²) >= 11 is 1.18. The fourth-order valence-corrected chi connectivity index (χ4v) is 3.77. The maximum absolute atomic E-state index is 12.5. The highest BCUT2D eigenvalue weighted by molar-refractivity contribution is 7.20. The molecule has 2 aromatic heterocycles. The molecular weight excluding hydrogens is 316 g/mol. The molecule has 8 heteroatoms. The third-order valence-electron chi connectivity index (χ3n) is 4.06. The van der Waals surface area contributed by atoms with Gasteiger partial charge in [0.25, 0.3) is 11.5 Å². The molecule has 7 nitrogen and oxygen atoms in total. The van der Waals surface area contributed by atoms with Gasteiger partial charge in [-0.3, -0.25) is 14.4 Å². The Hall–Kier alpha value is -2.22. The van der Waals surface area contributed by atoms with Crippen LogP contribution >= 0.6 is 11.3 Å². The molecule has 23 heavy (non-hydrogen) atoms. The lowest BCUT2D eigenvalue weighted by Crippen LogP contribution is -2.45. The third kappa shape index (κ3) is 2.86. The van der Waals surface area contributed by atoms with Crippen LogP contribution in [0.15, 0.2) is 11.1 Å². The van der Waals surface area contributed by atoms with Gasteiger partial charge in [-0.05, 0) is 31.7 Å². The zero-order chi connectivity index (χ0) is 16.6. The molecule has 0 spiro atoms. The van der Waals surface area contributed by atoms with Gasteiger partial charge in [0.1, 0.15) is 10.9 Å². The summed E-state index contributed by atoms with van der Waals surface area (Å²) in [4.78, 5) is 41.9. The number of fused-ring (bicyclic) bond motifs is 1. The molecule has 1 atom stereocenters. The van der Waals surface area contributed by atoms with Crippen molar-refractivity contribution in [3.05, 3.63) is 27.1 Å². The van der Waals surface area contributed by atoms with Gasteiger partial charge in [-0.1, -0.05) is 0 Å². The minimum atomic E-state index is -0.523. The van der Waals surface area contributed by atoms with Gasteiger partial charge < -0.3 is 15.2 Å². The van der Waals surface area contributed by atoms with E-state index >= 15 is 0 Å². The van der Waals surface area contributed by atoms with Crippen LogP contribution in [0, 0.1) is 6.92 Å². The standard InChI is InChI=1S/C15H18N4O3S/c1-8-10-14(17-7-19(2)15(10)22)23-11(8)13(21)18-9-5-3-4-6-16-12(9)20/h7,9H,3-6H2,1-2H3,(H,16,20)(H,18,21)/t9-/m1/s1. The van der Waals surface area contributed by atoms with E-state index in [0.29, 0.717) is 33.6 Å². The molecule has 0 bridgehead atoms. The highest BCUT2D eigenvalue weighted by Crippen LogP contribution is 2.26. The first-order chi connectivity index (χ1) is 11.0. The van der Waals surface area contributed by atoms with Crippen LogP contribution in [-0.2, 0) is 11.8 Å². The van der Waals surface area contributed by atoms with E-state index in [1.165, 1.54) is 22.2 Å². The van der Waals surface area contributed by atoms with E-state index in [9.17, 15) is 14.4 Å². The molecule has 3 heterocycles. The first kappa shape index (κ1) is 15.7. The average molecular weight is 334 g/mol. The zero-order valence-corrected chi connectivity index (χ0v) is 13.8. The van der Waals surface area contributed by atoms with Gasteiger partial charge in [0, 0.05) is 13.6 Å². The average Bonchev–Trinajstić information content (AvgIpc) is 2.73. The quantitative estimate of drug-likeness (QED) is 0.845. The number of thiophene rings is 1. The molecule has 0 unspecified atom stereocenters. The molecule has 3 rings (SSSR count). The molecule has 0 aliphatic carbocycles. The van der Waals surface area contributed by atoms with Gasteiger partial charge in [0.05, 0.1) is 16.6 Å². The van der Waals surface area contributed by atoms with Crippen LogP contribution in [-0.4, -0.2) is 34.0 Å². The summed E-state index contributed by atoms with van der Waals surface area (Å²) in [6.45, 7) is 2.39. The normalized spacial score (nSPS) is 18.5. The van der Waals surface area contributed by atoms with E-state index in [1.54, 1.807) is 14.0 Å². The summed E-state index contributed by atoms with van der Waals surface area (Å²) in [5.74, 6) is -0.474. The van der Waals surface area contributed by atoms with E-state index in [1.807, 2.05) is 0 Å². The highest BCUT2D eigenvalue weighted by Gasteiger charge is 2.25. The number of amides is 2. The Balaban J connectivity index is 1.92. The van der Waals surface area contributed by atoms with Crippen LogP contribution in [0.1, 0.15) is 34.5 Å². The number of aromatic nitrogens is 2. The summed E-state index contributed by atoms with van der Waals surface area (Å²) in [6, 6.07) is -0.523. The summed E-state index contributed by atoms with van der Waals surface area (Å²) in [5.41, 5.74) is 0.445. The van der Waals surface area contributed by atoms with Gasteiger partial charge in [-0.15, -0.1) is 11.3 Å². The molecule has 1 fully saturated rings. The summed E-state index contributed by atoms with van der Waals surface area (Å²) in [6.07, 6.45) is 3.87. The van der Waals surface area contributed by atoms with Crippen molar-refractivity contribution in [1.82, 2.24) is 20.2 Å². The topological polar surface area (TPSA) is 93.1 Å². The first-order valence-corrected chi connectivity index (χ1v) is 8.34. The molecular formula is C15H18N4O3S. The van der Waals surface area contributed by atoms with Crippen molar-refractivity contribution in [2.75, 3.05) is 6.54 Å². The number of rotatable bonds is 2. The highest BCUT2D eigenvalue weighted by atomic mass is 32.1. The van der Waals surface area contributed by atoms with E-state index in [4.69, 9.17) is 0 Å². The van der Waals surface area contributed by atoms with Crippen molar-refractivity contribution >= 4 is 33.4 Å². The van der Waals surface area contributed by atoms with E-state index < -0.39 is 6.04 Å². The van der Waals surface area contributed by atoms with Crippen molar-refractivity contribution < 1.29 is 9.59 Å². The number of nitrogens with one attached hydrogen (secondary N) is 2. The smallest absolute Gasteiger partial charge is 0.262 e. The summed E-state index contributed by atoms with van der Waals surface area (Å²) in [5, 5.41) is 6.04. The molecule has 2 N–H and O–H groups in total. The molecule has 0 radical (unpaired) electrons. The lowest BCUT2D eigenvalue weighted by atomic mass is 10.1. The van der Waals surface area contributed by atoms with Gasteiger partial charge in [-0.25, -0.2) is 4.98 Å². The van der Waals surface area contributed by atoms with Gasteiger partial charge in [0.15, 0.2) is 0 Å². The Kier molecular flexibility index (Phi) is 4.16. The molecule has 0 aromatic carbocycles. The van der Waals surface area contributed by atoms with Crippen molar-refractivity contribution in [3.63, 3.8) is 0 Å². The van der Waals surface area contributed by atoms with Crippen molar-refractivity contribution in [1.29, 1.82) is 0 Å². The molecule has 0 saturated carbocycles. The van der Waals surface area contributed by atoms with Gasteiger partial charge in [0.2, 0.25) is 5.91 Å². The van der Waals surface area contributed by atoms with Crippen LogP contribution in [0.25, 0.3) is 10.2 Å². The van der Waals surface area contributed by atoms with Crippen molar-refractivity contribution in [2.24, 2.45) is 7.05 Å². The van der Waals surface area contributed by atoms with E-state index in [2.05, 4.69) is 15.6 Å². The second-order valence-corrected chi connectivity index (χ2v) is 6.71. The van der Waals surface area contributed by atoms with Crippen molar-refractivity contribution in [3.8, 4) is 0 Å². The van der Waals surface area contributed by atoms with Gasteiger partial charge >= 0.3 is 0 Å². The predicted molar refractivity (Wildman–Crippen MR) is 87.7 cm³/mol. The molecule has 1 saturated heterocycles. The van der Waals surface area contributed by atoms with Crippen LogP contribution < -0.4 is 16.2 Å². The largest absolute Gasteiger partial charge is 0.354 e. The van der Waals surface area contributed by atoms with E-state index in [-0.39, 0.29) is 17.4 Å².